The minimum Gasteiger partial charge on any atom is -0.508 e. The monoisotopic (exact) mass is 234 g/mol. The van der Waals surface area contributed by atoms with Crippen LogP contribution in [0.1, 0.15) is 53.9 Å². The highest BCUT2D eigenvalue weighted by Gasteiger charge is 2.19. The molecule has 0 bridgehead atoms. The highest BCUT2D eigenvalue weighted by atomic mass is 16.5. The number of methoxy groups -OCH3 is 1. The Balaban J connectivity index is 2.21. The number of carbonyl (C=O) groups excluding carboxylic acids is 1. The summed E-state index contributed by atoms with van der Waals surface area (Å²) in [4.78, 5) is 11.3. The van der Waals surface area contributed by atoms with Gasteiger partial charge in [-0.25, -0.2) is 4.79 Å². The van der Waals surface area contributed by atoms with Gasteiger partial charge in [0.05, 0.1) is 12.7 Å². The fourth-order valence-electron chi connectivity index (χ4n) is 2.55. The molecule has 0 amide bonds. The standard InChI is InChI=1S/C14H18O3/c1-17-14(16)11-7-8-12(13(15)9-11)10-5-3-2-4-6-10/h7-10,15H,2-6H2,1H3. The summed E-state index contributed by atoms with van der Waals surface area (Å²) in [5.41, 5.74) is 1.38. The number of rotatable bonds is 2. The summed E-state index contributed by atoms with van der Waals surface area (Å²) in [6, 6.07) is 5.10. The van der Waals surface area contributed by atoms with Crippen LogP contribution in [0.25, 0.3) is 0 Å². The molecule has 1 aliphatic carbocycles. The van der Waals surface area contributed by atoms with Gasteiger partial charge >= 0.3 is 5.97 Å². The lowest BCUT2D eigenvalue weighted by atomic mass is 9.83. The Kier molecular flexibility index (Phi) is 3.67. The lowest BCUT2D eigenvalue weighted by Crippen LogP contribution is -2.06. The SMILES string of the molecule is COC(=O)c1ccc(C2CCCCC2)c(O)c1. The normalized spacial score (nSPS) is 16.8. The van der Waals surface area contributed by atoms with Gasteiger partial charge in [-0.15, -0.1) is 0 Å². The van der Waals surface area contributed by atoms with Crippen LogP contribution in [0, 0.1) is 0 Å². The maximum absolute atomic E-state index is 11.3. The van der Waals surface area contributed by atoms with Crippen LogP contribution < -0.4 is 0 Å². The second-order valence-corrected chi connectivity index (χ2v) is 4.60. The van der Waals surface area contributed by atoms with Crippen molar-refractivity contribution in [3.05, 3.63) is 29.3 Å². The van der Waals surface area contributed by atoms with Crippen LogP contribution in [0.2, 0.25) is 0 Å². The molecule has 3 nitrogen and oxygen atoms in total. The highest BCUT2D eigenvalue weighted by molar-refractivity contribution is 5.89. The van der Waals surface area contributed by atoms with E-state index < -0.39 is 5.97 Å². The highest BCUT2D eigenvalue weighted by Crippen LogP contribution is 2.37. The van der Waals surface area contributed by atoms with Gasteiger partial charge < -0.3 is 9.84 Å². The number of phenols is 1. The van der Waals surface area contributed by atoms with Gasteiger partial charge in [0.1, 0.15) is 5.75 Å². The molecule has 0 aromatic heterocycles. The fraction of sp³-hybridized carbons (Fsp3) is 0.500. The van der Waals surface area contributed by atoms with E-state index in [1.165, 1.54) is 32.4 Å². The van der Waals surface area contributed by atoms with Crippen molar-refractivity contribution < 1.29 is 14.6 Å². The third-order valence-corrected chi connectivity index (χ3v) is 3.50. The number of hydrogen-bond acceptors (Lipinski definition) is 3. The Bertz CT molecular complexity index is 406. The van der Waals surface area contributed by atoms with Crippen molar-refractivity contribution in [2.75, 3.05) is 7.11 Å². The maximum Gasteiger partial charge on any atom is 0.337 e. The number of benzene rings is 1. The fourth-order valence-corrected chi connectivity index (χ4v) is 2.55. The topological polar surface area (TPSA) is 46.5 Å². The molecule has 0 heterocycles. The molecule has 1 aromatic rings. The Morgan fingerprint density at radius 1 is 1.29 bits per heavy atom. The van der Waals surface area contributed by atoms with Crippen molar-refractivity contribution >= 4 is 5.97 Å². The predicted octanol–water partition coefficient (Wildman–Crippen LogP) is 3.23. The van der Waals surface area contributed by atoms with E-state index in [0.29, 0.717) is 11.5 Å². The van der Waals surface area contributed by atoms with E-state index >= 15 is 0 Å². The van der Waals surface area contributed by atoms with Crippen LogP contribution in [0.15, 0.2) is 18.2 Å². The molecule has 1 fully saturated rings. The first kappa shape index (κ1) is 12.0. The molecule has 17 heavy (non-hydrogen) atoms. The summed E-state index contributed by atoms with van der Waals surface area (Å²) in [7, 11) is 1.34. The minimum atomic E-state index is -0.407. The summed E-state index contributed by atoms with van der Waals surface area (Å²) in [6.07, 6.45) is 6.00. The molecule has 0 aliphatic heterocycles. The summed E-state index contributed by atoms with van der Waals surface area (Å²) < 4.78 is 4.63. The second kappa shape index (κ2) is 5.21. The van der Waals surface area contributed by atoms with Gasteiger partial charge in [0.25, 0.3) is 0 Å². The Labute approximate surface area is 101 Å². The predicted molar refractivity (Wildman–Crippen MR) is 65.3 cm³/mol. The number of phenolic OH excluding ortho intramolecular Hbond substituents is 1. The molecule has 1 aromatic carbocycles. The quantitative estimate of drug-likeness (QED) is 0.799. The van der Waals surface area contributed by atoms with Crippen molar-refractivity contribution in [3.63, 3.8) is 0 Å². The van der Waals surface area contributed by atoms with Gasteiger partial charge in [-0.2, -0.15) is 0 Å². The number of hydrogen-bond donors (Lipinski definition) is 1. The van der Waals surface area contributed by atoms with Gasteiger partial charge in [-0.1, -0.05) is 25.3 Å². The number of esters is 1. The maximum atomic E-state index is 11.3. The van der Waals surface area contributed by atoms with E-state index in [-0.39, 0.29) is 5.75 Å². The molecule has 1 aliphatic rings. The molecular weight excluding hydrogens is 216 g/mol. The van der Waals surface area contributed by atoms with E-state index in [2.05, 4.69) is 4.74 Å². The number of aromatic hydroxyl groups is 1. The largest absolute Gasteiger partial charge is 0.508 e. The zero-order chi connectivity index (χ0) is 12.3. The first-order valence-corrected chi connectivity index (χ1v) is 6.13. The van der Waals surface area contributed by atoms with E-state index in [1.807, 2.05) is 6.07 Å². The van der Waals surface area contributed by atoms with Crippen LogP contribution in [0.3, 0.4) is 0 Å². The van der Waals surface area contributed by atoms with Gasteiger partial charge in [0.2, 0.25) is 0 Å². The van der Waals surface area contributed by atoms with Gasteiger partial charge in [0, 0.05) is 0 Å². The first-order chi connectivity index (χ1) is 8.22. The molecule has 3 heteroatoms. The van der Waals surface area contributed by atoms with Crippen molar-refractivity contribution in [3.8, 4) is 5.75 Å². The average molecular weight is 234 g/mol. The van der Waals surface area contributed by atoms with Gasteiger partial charge in [-0.3, -0.25) is 0 Å². The van der Waals surface area contributed by atoms with E-state index in [0.717, 1.165) is 18.4 Å². The molecular formula is C14H18O3. The average Bonchev–Trinajstić information content (AvgIpc) is 2.38. The molecule has 1 saturated carbocycles. The Morgan fingerprint density at radius 3 is 2.59 bits per heavy atom. The van der Waals surface area contributed by atoms with E-state index in [9.17, 15) is 9.90 Å². The molecule has 0 unspecified atom stereocenters. The molecule has 1 N–H and O–H groups in total. The molecule has 0 spiro atoms. The summed E-state index contributed by atoms with van der Waals surface area (Å²) in [5, 5.41) is 9.98. The van der Waals surface area contributed by atoms with Crippen LogP contribution in [0.5, 0.6) is 5.75 Å². The van der Waals surface area contributed by atoms with Gasteiger partial charge in [-0.05, 0) is 36.5 Å². The van der Waals surface area contributed by atoms with Gasteiger partial charge in [0.15, 0.2) is 0 Å². The van der Waals surface area contributed by atoms with Crippen LogP contribution in [0.4, 0.5) is 0 Å². The molecule has 92 valence electrons. The smallest absolute Gasteiger partial charge is 0.337 e. The van der Waals surface area contributed by atoms with Crippen LogP contribution in [-0.4, -0.2) is 18.2 Å². The van der Waals surface area contributed by atoms with Crippen LogP contribution in [-0.2, 0) is 4.74 Å². The number of carbonyl (C=O) groups is 1. The lowest BCUT2D eigenvalue weighted by molar-refractivity contribution is 0.0600. The van der Waals surface area contributed by atoms with Crippen LogP contribution >= 0.6 is 0 Å². The molecule has 0 radical (unpaired) electrons. The minimum absolute atomic E-state index is 0.222. The molecule has 0 saturated heterocycles. The zero-order valence-electron chi connectivity index (χ0n) is 10.1. The summed E-state index contributed by atoms with van der Waals surface area (Å²) in [5.74, 6) is 0.255. The van der Waals surface area contributed by atoms with E-state index in [1.54, 1.807) is 6.07 Å². The third-order valence-electron chi connectivity index (χ3n) is 3.50. The lowest BCUT2D eigenvalue weighted by Gasteiger charge is -2.22. The third kappa shape index (κ3) is 2.60. The Morgan fingerprint density at radius 2 is 2.00 bits per heavy atom. The van der Waals surface area contributed by atoms with Crippen molar-refractivity contribution in [2.24, 2.45) is 0 Å². The molecule has 0 atom stereocenters. The van der Waals surface area contributed by atoms with E-state index in [4.69, 9.17) is 0 Å². The summed E-state index contributed by atoms with van der Waals surface area (Å²) >= 11 is 0. The Hall–Kier alpha value is -1.51. The first-order valence-electron chi connectivity index (χ1n) is 6.13. The van der Waals surface area contributed by atoms with Crippen molar-refractivity contribution in [1.29, 1.82) is 0 Å². The number of ether oxygens (including phenoxy) is 1. The second-order valence-electron chi connectivity index (χ2n) is 4.60. The van der Waals surface area contributed by atoms with Crippen molar-refractivity contribution in [1.82, 2.24) is 0 Å². The molecule has 2 rings (SSSR count). The van der Waals surface area contributed by atoms with Crippen molar-refractivity contribution in [2.45, 2.75) is 38.0 Å². The zero-order valence-corrected chi connectivity index (χ0v) is 10.1. The summed E-state index contributed by atoms with van der Waals surface area (Å²) in [6.45, 7) is 0.